The molecule has 0 radical (unpaired) electrons. The van der Waals surface area contributed by atoms with E-state index in [-0.39, 0.29) is 5.60 Å². The molecule has 6 nitrogen and oxygen atoms in total. The van der Waals surface area contributed by atoms with Gasteiger partial charge in [-0.1, -0.05) is 12.1 Å². The number of benzene rings is 1. The van der Waals surface area contributed by atoms with Crippen LogP contribution < -0.4 is 9.64 Å². The maximum absolute atomic E-state index is 12.7. The Labute approximate surface area is 188 Å². The van der Waals surface area contributed by atoms with Gasteiger partial charge in [0.05, 0.1) is 24.3 Å². The monoisotopic (exact) mass is 454 g/mol. The zero-order valence-electron chi connectivity index (χ0n) is 17.9. The fraction of sp³-hybridized carbons (Fsp3) is 0.333. The molecule has 0 unspecified atom stereocenters. The maximum Gasteiger partial charge on any atom is 0.434 e. The fourth-order valence-electron chi connectivity index (χ4n) is 4.58. The average molecular weight is 454 g/mol. The lowest BCUT2D eigenvalue weighted by atomic mass is 9.87. The normalized spacial score (nSPS) is 17.0. The summed E-state index contributed by atoms with van der Waals surface area (Å²) in [6.45, 7) is 3.18. The van der Waals surface area contributed by atoms with Crippen molar-refractivity contribution in [3.63, 3.8) is 0 Å². The molecule has 170 valence electrons. The number of ether oxygens (including phenoxy) is 1. The van der Waals surface area contributed by atoms with Crippen LogP contribution in [0.15, 0.2) is 42.9 Å². The summed E-state index contributed by atoms with van der Waals surface area (Å²) >= 11 is 0. The highest BCUT2D eigenvalue weighted by Gasteiger charge is 2.43. The summed E-state index contributed by atoms with van der Waals surface area (Å²) in [4.78, 5) is 25.0. The van der Waals surface area contributed by atoms with E-state index in [9.17, 15) is 18.0 Å². The van der Waals surface area contributed by atoms with E-state index in [1.165, 1.54) is 6.20 Å². The highest BCUT2D eigenvalue weighted by Crippen LogP contribution is 2.42. The molecule has 0 saturated carbocycles. The topological polar surface area (TPSA) is 68.2 Å². The van der Waals surface area contributed by atoms with Gasteiger partial charge in [0.15, 0.2) is 5.69 Å². The van der Waals surface area contributed by atoms with Gasteiger partial charge >= 0.3 is 6.18 Å². The summed E-state index contributed by atoms with van der Waals surface area (Å²) in [6.07, 6.45) is 2.21. The predicted molar refractivity (Wildman–Crippen MR) is 115 cm³/mol. The Morgan fingerprint density at radius 1 is 1.06 bits per heavy atom. The lowest BCUT2D eigenvalue weighted by molar-refractivity contribution is -0.141. The number of rotatable bonds is 3. The summed E-state index contributed by atoms with van der Waals surface area (Å²) in [5.74, 6) is 1.20. The molecule has 0 atom stereocenters. The standard InChI is InChI=1S/C24H21F3N4O2/c1-15-8-16(14-32)2-3-18(15)19-9-17-10-23(33-20(17)11-28-19)4-6-31(7-5-23)22-13-29-21(12-30-22)24(25,26)27/h2-3,8-9,11-14H,4-7,10H2,1H3. The van der Waals surface area contributed by atoms with Crippen LogP contribution in [0, 0.1) is 6.92 Å². The minimum atomic E-state index is -4.50. The molecular weight excluding hydrogens is 433 g/mol. The Balaban J connectivity index is 1.29. The van der Waals surface area contributed by atoms with Crippen molar-refractivity contribution in [2.45, 2.75) is 38.0 Å². The summed E-state index contributed by atoms with van der Waals surface area (Å²) < 4.78 is 44.5. The molecule has 33 heavy (non-hydrogen) atoms. The smallest absolute Gasteiger partial charge is 0.434 e. The second kappa shape index (κ2) is 7.83. The first kappa shape index (κ1) is 21.4. The van der Waals surface area contributed by atoms with Crippen LogP contribution in [-0.2, 0) is 12.6 Å². The van der Waals surface area contributed by atoms with Crippen LogP contribution in [0.4, 0.5) is 19.0 Å². The molecule has 0 N–H and O–H groups in total. The molecule has 9 heteroatoms. The molecule has 1 fully saturated rings. The number of piperidine rings is 1. The van der Waals surface area contributed by atoms with Crippen molar-refractivity contribution in [3.05, 3.63) is 65.2 Å². The Kier molecular flexibility index (Phi) is 5.07. The van der Waals surface area contributed by atoms with Crippen LogP contribution >= 0.6 is 0 Å². The number of nitrogens with zero attached hydrogens (tertiary/aromatic N) is 4. The van der Waals surface area contributed by atoms with E-state index in [1.54, 1.807) is 12.3 Å². The number of pyridine rings is 1. The molecule has 1 aromatic carbocycles. The molecule has 5 rings (SSSR count). The number of anilines is 1. The molecule has 0 bridgehead atoms. The summed E-state index contributed by atoms with van der Waals surface area (Å²) in [5.41, 5.74) is 3.16. The summed E-state index contributed by atoms with van der Waals surface area (Å²) in [5, 5.41) is 0. The SMILES string of the molecule is Cc1cc(C=O)ccc1-c1cc2c(cn1)OC1(CCN(c3cnc(C(F)(F)F)cn3)CC1)C2. The highest BCUT2D eigenvalue weighted by molar-refractivity contribution is 5.78. The van der Waals surface area contributed by atoms with Gasteiger partial charge in [0.25, 0.3) is 0 Å². The second-order valence-corrected chi connectivity index (χ2v) is 8.58. The minimum Gasteiger partial charge on any atom is -0.485 e. The predicted octanol–water partition coefficient (Wildman–Crippen LogP) is 4.65. The van der Waals surface area contributed by atoms with Crippen LogP contribution in [0.25, 0.3) is 11.3 Å². The van der Waals surface area contributed by atoms with Crippen molar-refractivity contribution in [1.82, 2.24) is 15.0 Å². The van der Waals surface area contributed by atoms with Crippen LogP contribution in [0.1, 0.15) is 40.0 Å². The highest BCUT2D eigenvalue weighted by atomic mass is 19.4. The Bertz CT molecular complexity index is 1200. The first-order valence-corrected chi connectivity index (χ1v) is 10.6. The number of aromatic nitrogens is 3. The fourth-order valence-corrected chi connectivity index (χ4v) is 4.58. The van der Waals surface area contributed by atoms with Crippen LogP contribution in [0.2, 0.25) is 0 Å². The van der Waals surface area contributed by atoms with Crippen molar-refractivity contribution in [2.24, 2.45) is 0 Å². The number of fused-ring (bicyclic) bond motifs is 1. The molecule has 2 aliphatic rings. The zero-order chi connectivity index (χ0) is 23.2. The number of halogens is 3. The first-order chi connectivity index (χ1) is 15.8. The van der Waals surface area contributed by atoms with Crippen molar-refractivity contribution < 1.29 is 22.7 Å². The van der Waals surface area contributed by atoms with E-state index in [2.05, 4.69) is 15.0 Å². The van der Waals surface area contributed by atoms with Gasteiger partial charge in [0.2, 0.25) is 0 Å². The van der Waals surface area contributed by atoms with Gasteiger partial charge in [-0.3, -0.25) is 9.78 Å². The lowest BCUT2D eigenvalue weighted by Gasteiger charge is -2.39. The van der Waals surface area contributed by atoms with E-state index in [0.29, 0.717) is 37.3 Å². The van der Waals surface area contributed by atoms with Gasteiger partial charge in [0.1, 0.15) is 23.5 Å². The van der Waals surface area contributed by atoms with Gasteiger partial charge in [0, 0.05) is 49.0 Å². The molecule has 2 aromatic heterocycles. The van der Waals surface area contributed by atoms with Crippen molar-refractivity contribution in [3.8, 4) is 17.0 Å². The average Bonchev–Trinajstić information content (AvgIpc) is 3.15. The molecule has 1 spiro atoms. The summed E-state index contributed by atoms with van der Waals surface area (Å²) in [6, 6.07) is 7.57. The quantitative estimate of drug-likeness (QED) is 0.537. The number of carbonyl (C=O) groups excluding carboxylic acids is 1. The second-order valence-electron chi connectivity index (χ2n) is 8.58. The Hall–Kier alpha value is -3.49. The number of aldehydes is 1. The van der Waals surface area contributed by atoms with E-state index in [0.717, 1.165) is 47.0 Å². The van der Waals surface area contributed by atoms with E-state index in [4.69, 9.17) is 4.74 Å². The Morgan fingerprint density at radius 2 is 1.85 bits per heavy atom. The van der Waals surface area contributed by atoms with Gasteiger partial charge in [-0.2, -0.15) is 13.2 Å². The van der Waals surface area contributed by atoms with Crippen LogP contribution in [-0.4, -0.2) is 39.9 Å². The van der Waals surface area contributed by atoms with Gasteiger partial charge in [-0.15, -0.1) is 0 Å². The molecule has 0 aliphatic carbocycles. The third-order valence-electron chi connectivity index (χ3n) is 6.38. The van der Waals surface area contributed by atoms with Gasteiger partial charge < -0.3 is 9.64 Å². The van der Waals surface area contributed by atoms with Crippen LogP contribution in [0.5, 0.6) is 5.75 Å². The minimum absolute atomic E-state index is 0.352. The molecule has 3 aromatic rings. The Morgan fingerprint density at radius 3 is 2.48 bits per heavy atom. The maximum atomic E-state index is 12.7. The van der Waals surface area contributed by atoms with Crippen molar-refractivity contribution >= 4 is 12.1 Å². The van der Waals surface area contributed by atoms with Gasteiger partial charge in [-0.05, 0) is 24.6 Å². The van der Waals surface area contributed by atoms with E-state index >= 15 is 0 Å². The largest absolute Gasteiger partial charge is 0.485 e. The lowest BCUT2D eigenvalue weighted by Crippen LogP contribution is -2.47. The molecule has 0 amide bonds. The molecular formula is C24H21F3N4O2. The van der Waals surface area contributed by atoms with Crippen molar-refractivity contribution in [2.75, 3.05) is 18.0 Å². The van der Waals surface area contributed by atoms with Gasteiger partial charge in [-0.25, -0.2) is 9.97 Å². The number of hydrogen-bond acceptors (Lipinski definition) is 6. The number of alkyl halides is 3. The third kappa shape index (κ3) is 4.03. The third-order valence-corrected chi connectivity index (χ3v) is 6.38. The van der Waals surface area contributed by atoms with E-state index < -0.39 is 11.9 Å². The van der Waals surface area contributed by atoms with E-state index in [1.807, 2.05) is 30.0 Å². The number of carbonyl (C=O) groups is 1. The molecule has 2 aliphatic heterocycles. The molecule has 4 heterocycles. The van der Waals surface area contributed by atoms with Crippen molar-refractivity contribution in [1.29, 1.82) is 0 Å². The first-order valence-electron chi connectivity index (χ1n) is 10.6. The molecule has 1 saturated heterocycles. The zero-order valence-corrected chi connectivity index (χ0v) is 17.9. The summed E-state index contributed by atoms with van der Waals surface area (Å²) in [7, 11) is 0. The van der Waals surface area contributed by atoms with Crippen LogP contribution in [0.3, 0.4) is 0 Å². The number of hydrogen-bond donors (Lipinski definition) is 0. The number of aryl methyl sites for hydroxylation is 1.